The van der Waals surface area contributed by atoms with Gasteiger partial charge in [-0.3, -0.25) is 4.79 Å². The Morgan fingerprint density at radius 2 is 1.94 bits per heavy atom. The van der Waals surface area contributed by atoms with Gasteiger partial charge < -0.3 is 4.74 Å². The summed E-state index contributed by atoms with van der Waals surface area (Å²) in [5, 5.41) is 0. The van der Waals surface area contributed by atoms with Crippen molar-refractivity contribution < 1.29 is 9.53 Å². The fourth-order valence-electron chi connectivity index (χ4n) is 1.33. The van der Waals surface area contributed by atoms with Crippen molar-refractivity contribution in [3.8, 4) is 0 Å². The number of aryl methyl sites for hydroxylation is 1. The fourth-order valence-corrected chi connectivity index (χ4v) is 1.81. The third kappa shape index (κ3) is 4.79. The Labute approximate surface area is 105 Å². The molecule has 0 aliphatic heterocycles. The summed E-state index contributed by atoms with van der Waals surface area (Å²) in [6.45, 7) is 5.63. The van der Waals surface area contributed by atoms with Crippen LogP contribution in [0.5, 0.6) is 0 Å². The van der Waals surface area contributed by atoms with Crippen molar-refractivity contribution in [2.45, 2.75) is 39.2 Å². The van der Waals surface area contributed by atoms with Gasteiger partial charge in [-0.05, 0) is 38.8 Å². The van der Waals surface area contributed by atoms with Crippen molar-refractivity contribution in [2.24, 2.45) is 0 Å². The van der Waals surface area contributed by atoms with Gasteiger partial charge in [-0.15, -0.1) is 0 Å². The molecule has 0 spiro atoms. The summed E-state index contributed by atoms with van der Waals surface area (Å²) >= 11 is 3.46. The number of esters is 1. The van der Waals surface area contributed by atoms with E-state index in [1.54, 1.807) is 0 Å². The molecule has 0 bridgehead atoms. The fraction of sp³-hybridized carbons (Fsp3) is 0.462. The Morgan fingerprint density at radius 3 is 2.50 bits per heavy atom. The average Bonchev–Trinajstić information content (AvgIpc) is 2.14. The first kappa shape index (κ1) is 13.2. The van der Waals surface area contributed by atoms with Gasteiger partial charge in [0.05, 0.1) is 0 Å². The largest absolute Gasteiger partial charge is 0.460 e. The summed E-state index contributed by atoms with van der Waals surface area (Å²) in [6, 6.07) is 7.91. The van der Waals surface area contributed by atoms with Crippen molar-refractivity contribution >= 4 is 21.9 Å². The lowest BCUT2D eigenvalue weighted by Gasteiger charge is -2.19. The molecule has 0 saturated carbocycles. The van der Waals surface area contributed by atoms with Crippen LogP contribution in [0.1, 0.15) is 32.8 Å². The van der Waals surface area contributed by atoms with E-state index in [1.807, 2.05) is 45.0 Å². The summed E-state index contributed by atoms with van der Waals surface area (Å²) in [7, 11) is 0. The van der Waals surface area contributed by atoms with E-state index in [4.69, 9.17) is 4.74 Å². The number of halogens is 1. The zero-order valence-electron chi connectivity index (χ0n) is 9.92. The minimum atomic E-state index is -0.398. The molecule has 0 unspecified atom stereocenters. The van der Waals surface area contributed by atoms with Gasteiger partial charge >= 0.3 is 5.97 Å². The lowest BCUT2D eigenvalue weighted by Crippen LogP contribution is -2.24. The number of carbonyl (C=O) groups excluding carboxylic acids is 1. The molecule has 3 heteroatoms. The van der Waals surface area contributed by atoms with Gasteiger partial charge in [-0.25, -0.2) is 0 Å². The van der Waals surface area contributed by atoms with Crippen LogP contribution >= 0.6 is 15.9 Å². The van der Waals surface area contributed by atoms with Crippen molar-refractivity contribution in [1.82, 2.24) is 0 Å². The second-order valence-electron chi connectivity index (χ2n) is 4.68. The Hall–Kier alpha value is -0.830. The molecule has 0 saturated heterocycles. The van der Waals surface area contributed by atoms with Crippen molar-refractivity contribution in [3.05, 3.63) is 34.3 Å². The average molecular weight is 285 g/mol. The maximum absolute atomic E-state index is 11.5. The van der Waals surface area contributed by atoms with Crippen LogP contribution < -0.4 is 0 Å². The van der Waals surface area contributed by atoms with Gasteiger partial charge in [-0.1, -0.05) is 34.1 Å². The van der Waals surface area contributed by atoms with Crippen LogP contribution in [0, 0.1) is 0 Å². The van der Waals surface area contributed by atoms with E-state index < -0.39 is 5.60 Å². The molecule has 16 heavy (non-hydrogen) atoms. The highest BCUT2D eigenvalue weighted by Crippen LogP contribution is 2.18. The lowest BCUT2D eigenvalue weighted by molar-refractivity contribution is -0.154. The van der Waals surface area contributed by atoms with Crippen molar-refractivity contribution in [2.75, 3.05) is 0 Å². The van der Waals surface area contributed by atoms with Gasteiger partial charge in [0, 0.05) is 10.9 Å². The molecule has 0 aliphatic rings. The third-order valence-electron chi connectivity index (χ3n) is 1.98. The highest BCUT2D eigenvalue weighted by atomic mass is 79.9. The normalized spacial score (nSPS) is 11.2. The zero-order valence-corrected chi connectivity index (χ0v) is 11.5. The number of hydrogen-bond donors (Lipinski definition) is 0. The minimum absolute atomic E-state index is 0.150. The number of benzene rings is 1. The quantitative estimate of drug-likeness (QED) is 0.791. The van der Waals surface area contributed by atoms with Crippen LogP contribution in [0.25, 0.3) is 0 Å². The lowest BCUT2D eigenvalue weighted by atomic mass is 10.1. The first-order chi connectivity index (χ1) is 7.38. The van der Waals surface area contributed by atoms with Gasteiger partial charge in [0.25, 0.3) is 0 Å². The van der Waals surface area contributed by atoms with Gasteiger partial charge in [-0.2, -0.15) is 0 Å². The van der Waals surface area contributed by atoms with E-state index in [9.17, 15) is 4.79 Å². The molecule has 0 N–H and O–H groups in total. The summed E-state index contributed by atoms with van der Waals surface area (Å²) < 4.78 is 6.29. The first-order valence-electron chi connectivity index (χ1n) is 5.34. The Bertz CT molecular complexity index is 366. The molecule has 0 fully saturated rings. The molecular formula is C13H17BrO2. The summed E-state index contributed by atoms with van der Waals surface area (Å²) in [4.78, 5) is 11.5. The summed E-state index contributed by atoms with van der Waals surface area (Å²) in [6.07, 6.45) is 1.12. The number of ether oxygens (including phenoxy) is 1. The van der Waals surface area contributed by atoms with Crippen molar-refractivity contribution in [3.63, 3.8) is 0 Å². The molecule has 1 rings (SSSR count). The van der Waals surface area contributed by atoms with Crippen LogP contribution in [0.4, 0.5) is 0 Å². The second kappa shape index (κ2) is 5.48. The summed E-state index contributed by atoms with van der Waals surface area (Å²) in [5.41, 5.74) is 0.735. The van der Waals surface area contributed by atoms with Crippen LogP contribution in [0.15, 0.2) is 28.7 Å². The van der Waals surface area contributed by atoms with Crippen LogP contribution in [0.2, 0.25) is 0 Å². The number of rotatable bonds is 3. The minimum Gasteiger partial charge on any atom is -0.460 e. The molecule has 88 valence electrons. The van der Waals surface area contributed by atoms with E-state index in [0.717, 1.165) is 10.0 Å². The van der Waals surface area contributed by atoms with Crippen LogP contribution in [-0.2, 0) is 16.0 Å². The van der Waals surface area contributed by atoms with Gasteiger partial charge in [0.15, 0.2) is 0 Å². The molecule has 0 aliphatic carbocycles. The second-order valence-corrected chi connectivity index (χ2v) is 5.53. The highest BCUT2D eigenvalue weighted by Gasteiger charge is 2.16. The predicted octanol–water partition coefficient (Wildman–Crippen LogP) is 3.72. The molecule has 0 heterocycles. The SMILES string of the molecule is CC(C)(C)OC(=O)CCc1ccccc1Br. The van der Waals surface area contributed by atoms with Gasteiger partial charge in [0.1, 0.15) is 5.60 Å². The van der Waals surface area contributed by atoms with Crippen LogP contribution in [0.3, 0.4) is 0 Å². The standard InChI is InChI=1S/C13H17BrO2/c1-13(2,3)16-12(15)9-8-10-6-4-5-7-11(10)14/h4-7H,8-9H2,1-3H3. The van der Waals surface area contributed by atoms with Gasteiger partial charge in [0.2, 0.25) is 0 Å². The van der Waals surface area contributed by atoms with E-state index in [0.29, 0.717) is 12.8 Å². The zero-order chi connectivity index (χ0) is 12.2. The third-order valence-corrected chi connectivity index (χ3v) is 2.75. The number of hydrogen-bond acceptors (Lipinski definition) is 2. The highest BCUT2D eigenvalue weighted by molar-refractivity contribution is 9.10. The molecule has 1 aromatic rings. The maximum atomic E-state index is 11.5. The summed E-state index contributed by atoms with van der Waals surface area (Å²) in [5.74, 6) is -0.150. The Balaban J connectivity index is 2.47. The smallest absolute Gasteiger partial charge is 0.306 e. The molecule has 0 aromatic heterocycles. The van der Waals surface area contributed by atoms with E-state index in [1.165, 1.54) is 0 Å². The molecule has 0 atom stereocenters. The van der Waals surface area contributed by atoms with E-state index >= 15 is 0 Å². The monoisotopic (exact) mass is 284 g/mol. The van der Waals surface area contributed by atoms with Crippen LogP contribution in [-0.4, -0.2) is 11.6 Å². The van der Waals surface area contributed by atoms with E-state index in [2.05, 4.69) is 15.9 Å². The van der Waals surface area contributed by atoms with Crippen molar-refractivity contribution in [1.29, 1.82) is 0 Å². The molecule has 0 amide bonds. The number of carbonyl (C=O) groups is 1. The topological polar surface area (TPSA) is 26.3 Å². The maximum Gasteiger partial charge on any atom is 0.306 e. The Kier molecular flexibility index (Phi) is 4.54. The molecular weight excluding hydrogens is 268 g/mol. The molecule has 0 radical (unpaired) electrons. The molecule has 1 aromatic carbocycles. The first-order valence-corrected chi connectivity index (χ1v) is 6.13. The predicted molar refractivity (Wildman–Crippen MR) is 68.3 cm³/mol. The molecule has 2 nitrogen and oxygen atoms in total. The Morgan fingerprint density at radius 1 is 1.31 bits per heavy atom. The van der Waals surface area contributed by atoms with E-state index in [-0.39, 0.29) is 5.97 Å².